The summed E-state index contributed by atoms with van der Waals surface area (Å²) in [7, 11) is 4.63. The Labute approximate surface area is 115 Å². The third kappa shape index (κ3) is 2.53. The van der Waals surface area contributed by atoms with Crippen LogP contribution < -0.4 is 0 Å². The van der Waals surface area contributed by atoms with Gasteiger partial charge in [0.25, 0.3) is 0 Å². The Morgan fingerprint density at radius 2 is 1.95 bits per heavy atom. The van der Waals surface area contributed by atoms with E-state index in [9.17, 15) is 9.59 Å². The molecule has 0 bridgehead atoms. The summed E-state index contributed by atoms with van der Waals surface area (Å²) in [5, 5.41) is 0. The SMILES string of the molecule is COC(=O)c1cnc(COC(=O)c2cncn2C)n1C. The molecule has 8 nitrogen and oxygen atoms in total. The minimum atomic E-state index is -0.507. The number of rotatable bonds is 4. The van der Waals surface area contributed by atoms with E-state index in [0.29, 0.717) is 17.2 Å². The van der Waals surface area contributed by atoms with Gasteiger partial charge in [0.15, 0.2) is 0 Å². The fraction of sp³-hybridized carbons (Fsp3) is 0.333. The van der Waals surface area contributed by atoms with E-state index in [-0.39, 0.29) is 6.61 Å². The molecule has 0 saturated carbocycles. The zero-order chi connectivity index (χ0) is 14.7. The third-order valence-corrected chi connectivity index (χ3v) is 2.84. The van der Waals surface area contributed by atoms with E-state index in [1.54, 1.807) is 18.7 Å². The molecule has 0 aliphatic rings. The van der Waals surface area contributed by atoms with E-state index in [0.717, 1.165) is 0 Å². The van der Waals surface area contributed by atoms with Gasteiger partial charge in [0, 0.05) is 14.1 Å². The number of aryl methyl sites for hydroxylation is 1. The van der Waals surface area contributed by atoms with Crippen molar-refractivity contribution >= 4 is 11.9 Å². The largest absolute Gasteiger partial charge is 0.464 e. The summed E-state index contributed by atoms with van der Waals surface area (Å²) < 4.78 is 12.8. The number of imidazole rings is 2. The molecule has 2 aromatic heterocycles. The Balaban J connectivity index is 2.05. The van der Waals surface area contributed by atoms with Crippen molar-refractivity contribution in [1.29, 1.82) is 0 Å². The molecule has 8 heteroatoms. The maximum absolute atomic E-state index is 11.8. The Hall–Kier alpha value is -2.64. The molecular weight excluding hydrogens is 264 g/mol. The maximum Gasteiger partial charge on any atom is 0.357 e. The monoisotopic (exact) mass is 278 g/mol. The number of carbonyl (C=O) groups excluding carboxylic acids is 2. The Bertz CT molecular complexity index is 644. The standard InChI is InChI=1S/C12H14N4O4/c1-15-7-13-4-8(15)12(18)20-6-10-14-5-9(16(10)2)11(17)19-3/h4-5,7H,6H2,1-3H3. The number of carbonyl (C=O) groups is 2. The van der Waals surface area contributed by atoms with E-state index in [1.165, 1.54) is 30.4 Å². The number of methoxy groups -OCH3 is 1. The van der Waals surface area contributed by atoms with Crippen molar-refractivity contribution in [3.05, 3.63) is 35.9 Å². The summed E-state index contributed by atoms with van der Waals surface area (Å²) in [5.74, 6) is -0.558. The highest BCUT2D eigenvalue weighted by Gasteiger charge is 2.17. The molecule has 0 spiro atoms. The van der Waals surface area contributed by atoms with Gasteiger partial charge < -0.3 is 18.6 Å². The van der Waals surface area contributed by atoms with Gasteiger partial charge in [0.05, 0.1) is 25.8 Å². The molecular formula is C12H14N4O4. The summed E-state index contributed by atoms with van der Waals surface area (Å²) in [5.41, 5.74) is 0.631. The van der Waals surface area contributed by atoms with Crippen LogP contribution in [0.2, 0.25) is 0 Å². The summed E-state index contributed by atoms with van der Waals surface area (Å²) in [6.45, 7) is -0.0441. The first-order valence-electron chi connectivity index (χ1n) is 5.77. The van der Waals surface area contributed by atoms with Gasteiger partial charge in [0.2, 0.25) is 0 Å². The van der Waals surface area contributed by atoms with Gasteiger partial charge in [-0.3, -0.25) is 0 Å². The molecule has 106 valence electrons. The summed E-state index contributed by atoms with van der Waals surface area (Å²) in [4.78, 5) is 31.1. The Morgan fingerprint density at radius 3 is 2.55 bits per heavy atom. The van der Waals surface area contributed by atoms with Crippen molar-refractivity contribution in [3.8, 4) is 0 Å². The van der Waals surface area contributed by atoms with Crippen LogP contribution in [0, 0.1) is 0 Å². The van der Waals surface area contributed by atoms with Gasteiger partial charge >= 0.3 is 11.9 Å². The number of ether oxygens (including phenoxy) is 2. The lowest BCUT2D eigenvalue weighted by Gasteiger charge is -2.06. The van der Waals surface area contributed by atoms with Gasteiger partial charge in [0.1, 0.15) is 23.8 Å². The van der Waals surface area contributed by atoms with E-state index < -0.39 is 11.9 Å². The molecule has 20 heavy (non-hydrogen) atoms. The number of aromatic nitrogens is 4. The van der Waals surface area contributed by atoms with Crippen molar-refractivity contribution in [1.82, 2.24) is 19.1 Å². The minimum absolute atomic E-state index is 0.0441. The van der Waals surface area contributed by atoms with E-state index >= 15 is 0 Å². The molecule has 0 amide bonds. The van der Waals surface area contributed by atoms with Crippen LogP contribution in [0.4, 0.5) is 0 Å². The van der Waals surface area contributed by atoms with Gasteiger partial charge in [-0.05, 0) is 0 Å². The van der Waals surface area contributed by atoms with Crippen LogP contribution in [0.1, 0.15) is 26.8 Å². The van der Waals surface area contributed by atoms with Crippen molar-refractivity contribution < 1.29 is 19.1 Å². The van der Waals surface area contributed by atoms with E-state index in [4.69, 9.17) is 4.74 Å². The zero-order valence-corrected chi connectivity index (χ0v) is 11.4. The second kappa shape index (κ2) is 5.55. The van der Waals surface area contributed by atoms with Crippen LogP contribution in [-0.4, -0.2) is 38.2 Å². The zero-order valence-electron chi connectivity index (χ0n) is 11.4. The number of esters is 2. The molecule has 0 aliphatic heterocycles. The van der Waals surface area contributed by atoms with Crippen LogP contribution in [0.5, 0.6) is 0 Å². The highest BCUT2D eigenvalue weighted by Crippen LogP contribution is 2.08. The topological polar surface area (TPSA) is 88.2 Å². The lowest BCUT2D eigenvalue weighted by Crippen LogP contribution is -2.13. The van der Waals surface area contributed by atoms with E-state index in [1.807, 2.05) is 0 Å². The normalized spacial score (nSPS) is 10.3. The average molecular weight is 278 g/mol. The molecule has 0 aliphatic carbocycles. The predicted octanol–water partition coefficient (Wildman–Crippen LogP) is 0.297. The molecule has 0 atom stereocenters. The fourth-order valence-electron chi connectivity index (χ4n) is 1.63. The predicted molar refractivity (Wildman–Crippen MR) is 66.9 cm³/mol. The molecule has 2 heterocycles. The van der Waals surface area contributed by atoms with Crippen LogP contribution >= 0.6 is 0 Å². The summed E-state index contributed by atoms with van der Waals surface area (Å²) in [6.07, 6.45) is 4.30. The second-order valence-corrected chi connectivity index (χ2v) is 4.08. The summed E-state index contributed by atoms with van der Waals surface area (Å²) >= 11 is 0. The highest BCUT2D eigenvalue weighted by atomic mass is 16.5. The smallest absolute Gasteiger partial charge is 0.357 e. The average Bonchev–Trinajstić information content (AvgIpc) is 3.02. The first-order valence-corrected chi connectivity index (χ1v) is 5.77. The quantitative estimate of drug-likeness (QED) is 0.747. The molecule has 0 saturated heterocycles. The van der Waals surface area contributed by atoms with Gasteiger partial charge in [-0.25, -0.2) is 19.6 Å². The lowest BCUT2D eigenvalue weighted by atomic mass is 10.4. The molecule has 0 unspecified atom stereocenters. The maximum atomic E-state index is 11.8. The number of nitrogens with zero attached hydrogens (tertiary/aromatic N) is 4. The van der Waals surface area contributed by atoms with Gasteiger partial charge in [-0.15, -0.1) is 0 Å². The number of hydrogen-bond donors (Lipinski definition) is 0. The van der Waals surface area contributed by atoms with Crippen LogP contribution in [0.25, 0.3) is 0 Å². The second-order valence-electron chi connectivity index (χ2n) is 4.08. The highest BCUT2D eigenvalue weighted by molar-refractivity contribution is 5.88. The molecule has 2 aromatic rings. The minimum Gasteiger partial charge on any atom is -0.464 e. The third-order valence-electron chi connectivity index (χ3n) is 2.84. The lowest BCUT2D eigenvalue weighted by molar-refractivity contribution is 0.0447. The van der Waals surface area contributed by atoms with Crippen molar-refractivity contribution in [2.45, 2.75) is 6.61 Å². The molecule has 0 aromatic carbocycles. The first-order chi connectivity index (χ1) is 9.54. The van der Waals surface area contributed by atoms with Crippen molar-refractivity contribution in [2.24, 2.45) is 14.1 Å². The Kier molecular flexibility index (Phi) is 3.83. The summed E-state index contributed by atoms with van der Waals surface area (Å²) in [6, 6.07) is 0. The fourth-order valence-corrected chi connectivity index (χ4v) is 1.63. The molecule has 2 rings (SSSR count). The van der Waals surface area contributed by atoms with Crippen molar-refractivity contribution in [2.75, 3.05) is 7.11 Å². The molecule has 0 N–H and O–H groups in total. The van der Waals surface area contributed by atoms with Gasteiger partial charge in [-0.2, -0.15) is 0 Å². The van der Waals surface area contributed by atoms with Crippen LogP contribution in [0.15, 0.2) is 18.7 Å². The van der Waals surface area contributed by atoms with Crippen molar-refractivity contribution in [3.63, 3.8) is 0 Å². The molecule has 0 radical (unpaired) electrons. The Morgan fingerprint density at radius 1 is 1.20 bits per heavy atom. The van der Waals surface area contributed by atoms with Gasteiger partial charge in [-0.1, -0.05) is 0 Å². The molecule has 0 fully saturated rings. The van der Waals surface area contributed by atoms with Crippen LogP contribution in [0.3, 0.4) is 0 Å². The van der Waals surface area contributed by atoms with Crippen LogP contribution in [-0.2, 0) is 30.2 Å². The first kappa shape index (κ1) is 13.8. The van der Waals surface area contributed by atoms with E-state index in [2.05, 4.69) is 14.7 Å². The number of hydrogen-bond acceptors (Lipinski definition) is 6.